The molecule has 9 heteroatoms. The minimum absolute atomic E-state index is 0.0667. The van der Waals surface area contributed by atoms with Crippen LogP contribution < -0.4 is 0 Å². The second kappa shape index (κ2) is 11.8. The van der Waals surface area contributed by atoms with E-state index in [0.717, 1.165) is 49.5 Å². The molecule has 0 aliphatic rings. The van der Waals surface area contributed by atoms with Gasteiger partial charge in [-0.15, -0.1) is 0 Å². The summed E-state index contributed by atoms with van der Waals surface area (Å²) in [5.41, 5.74) is 1.82. The second-order valence-corrected chi connectivity index (χ2v) is 6.34. The first-order valence-corrected chi connectivity index (χ1v) is 9.13. The molecule has 0 radical (unpaired) electrons. The van der Waals surface area contributed by atoms with Crippen molar-refractivity contribution in [2.45, 2.75) is 46.1 Å². The van der Waals surface area contributed by atoms with Gasteiger partial charge in [0, 0.05) is 38.4 Å². The summed E-state index contributed by atoms with van der Waals surface area (Å²) in [6.07, 6.45) is 5.94. The largest absolute Gasteiger partial charge is 0.516 e. The molecule has 28 heavy (non-hydrogen) atoms. The summed E-state index contributed by atoms with van der Waals surface area (Å²) in [4.78, 5) is 23.8. The number of aliphatic hydroxyl groups excluding tert-OH is 1. The molecule has 0 aliphatic carbocycles. The Morgan fingerprint density at radius 3 is 2.46 bits per heavy atom. The Morgan fingerprint density at radius 1 is 1.36 bits per heavy atom. The van der Waals surface area contributed by atoms with E-state index in [2.05, 4.69) is 11.9 Å². The molecule has 0 saturated carbocycles. The van der Waals surface area contributed by atoms with Crippen LogP contribution in [0.15, 0.2) is 36.6 Å². The number of non-ortho nitro benzene ring substituents is 1. The number of benzene rings is 1. The maximum atomic E-state index is 10.8. The highest BCUT2D eigenvalue weighted by Crippen LogP contribution is 2.22. The SMILES string of the molecule is CC(=O)O.CCCCc1nc(Cl)c(CC=CO)n1Cc1ccc([N+](=O)[O-])cc1. The van der Waals surface area contributed by atoms with Crippen molar-refractivity contribution in [1.29, 1.82) is 0 Å². The van der Waals surface area contributed by atoms with Crippen LogP contribution in [-0.4, -0.2) is 30.7 Å². The lowest BCUT2D eigenvalue weighted by Crippen LogP contribution is -2.09. The van der Waals surface area contributed by atoms with Crippen LogP contribution in [0, 0.1) is 10.1 Å². The number of hydrogen-bond acceptors (Lipinski definition) is 5. The van der Waals surface area contributed by atoms with Gasteiger partial charge in [-0.3, -0.25) is 14.9 Å². The van der Waals surface area contributed by atoms with Crippen molar-refractivity contribution in [3.05, 3.63) is 69.0 Å². The number of rotatable bonds is 8. The molecule has 0 saturated heterocycles. The molecule has 2 N–H and O–H groups in total. The minimum atomic E-state index is -0.833. The third kappa shape index (κ3) is 7.40. The number of aromatic nitrogens is 2. The Kier molecular flexibility index (Phi) is 9.73. The number of nitro benzene ring substituents is 1. The van der Waals surface area contributed by atoms with Gasteiger partial charge in [0.15, 0.2) is 5.15 Å². The molecule has 0 amide bonds. The van der Waals surface area contributed by atoms with E-state index in [0.29, 0.717) is 18.1 Å². The Bertz CT molecular complexity index is 812. The molecule has 8 nitrogen and oxygen atoms in total. The molecule has 0 fully saturated rings. The van der Waals surface area contributed by atoms with E-state index in [1.165, 1.54) is 12.1 Å². The number of hydrogen-bond donors (Lipinski definition) is 2. The third-order valence-electron chi connectivity index (χ3n) is 3.76. The summed E-state index contributed by atoms with van der Waals surface area (Å²) < 4.78 is 2.03. The maximum Gasteiger partial charge on any atom is 0.300 e. The second-order valence-electron chi connectivity index (χ2n) is 5.99. The molecular formula is C19H24ClN3O5. The molecule has 0 aliphatic heterocycles. The zero-order chi connectivity index (χ0) is 21.1. The van der Waals surface area contributed by atoms with Gasteiger partial charge in [-0.25, -0.2) is 4.98 Å². The van der Waals surface area contributed by atoms with E-state index in [9.17, 15) is 10.1 Å². The predicted molar refractivity (Wildman–Crippen MR) is 107 cm³/mol. The smallest absolute Gasteiger partial charge is 0.300 e. The number of allylic oxidation sites excluding steroid dienone is 1. The summed E-state index contributed by atoms with van der Waals surface area (Å²) in [6, 6.07) is 6.46. The van der Waals surface area contributed by atoms with Crippen molar-refractivity contribution in [3.8, 4) is 0 Å². The van der Waals surface area contributed by atoms with Crippen LogP contribution in [-0.2, 0) is 24.2 Å². The molecular weight excluding hydrogens is 386 g/mol. The number of unbranched alkanes of at least 4 members (excludes halogenated alkanes) is 1. The highest BCUT2D eigenvalue weighted by atomic mass is 35.5. The number of carboxylic acids is 1. The van der Waals surface area contributed by atoms with Gasteiger partial charge in [0.25, 0.3) is 11.7 Å². The number of carbonyl (C=O) groups is 1. The Balaban J connectivity index is 0.000000892. The van der Waals surface area contributed by atoms with Gasteiger partial charge in [0.05, 0.1) is 16.9 Å². The number of carboxylic acid groups (broad SMARTS) is 1. The van der Waals surface area contributed by atoms with Crippen molar-refractivity contribution < 1.29 is 19.9 Å². The molecule has 2 aromatic rings. The van der Waals surface area contributed by atoms with E-state index in [4.69, 9.17) is 26.6 Å². The number of aliphatic hydroxyl groups is 1. The normalized spacial score (nSPS) is 10.5. The molecule has 2 rings (SSSR count). The monoisotopic (exact) mass is 409 g/mol. The van der Waals surface area contributed by atoms with Gasteiger partial charge in [-0.05, 0) is 18.1 Å². The lowest BCUT2D eigenvalue weighted by Gasteiger charge is -2.11. The van der Waals surface area contributed by atoms with E-state index in [-0.39, 0.29) is 5.69 Å². The fourth-order valence-corrected chi connectivity index (χ4v) is 2.76. The predicted octanol–water partition coefficient (Wildman–Crippen LogP) is 4.54. The first-order chi connectivity index (χ1) is 13.3. The molecule has 0 unspecified atom stereocenters. The average molecular weight is 410 g/mol. The summed E-state index contributed by atoms with van der Waals surface area (Å²) in [7, 11) is 0. The van der Waals surface area contributed by atoms with Crippen molar-refractivity contribution >= 4 is 23.3 Å². The van der Waals surface area contributed by atoms with E-state index >= 15 is 0 Å². The molecule has 0 atom stereocenters. The molecule has 1 heterocycles. The molecule has 152 valence electrons. The lowest BCUT2D eigenvalue weighted by atomic mass is 10.2. The van der Waals surface area contributed by atoms with Crippen molar-refractivity contribution in [3.63, 3.8) is 0 Å². The Morgan fingerprint density at radius 2 is 1.96 bits per heavy atom. The number of nitrogens with zero attached hydrogens (tertiary/aromatic N) is 3. The summed E-state index contributed by atoms with van der Waals surface area (Å²) in [6.45, 7) is 3.73. The van der Waals surface area contributed by atoms with Crippen LogP contribution in [0.25, 0.3) is 0 Å². The number of nitro groups is 1. The van der Waals surface area contributed by atoms with Crippen molar-refractivity contribution in [2.24, 2.45) is 0 Å². The van der Waals surface area contributed by atoms with Crippen LogP contribution >= 0.6 is 11.6 Å². The number of halogens is 1. The summed E-state index contributed by atoms with van der Waals surface area (Å²) >= 11 is 6.26. The summed E-state index contributed by atoms with van der Waals surface area (Å²) in [5.74, 6) is 0.0570. The van der Waals surface area contributed by atoms with Gasteiger partial charge in [-0.1, -0.05) is 37.1 Å². The van der Waals surface area contributed by atoms with Crippen LogP contribution in [0.4, 0.5) is 5.69 Å². The van der Waals surface area contributed by atoms with Crippen molar-refractivity contribution in [2.75, 3.05) is 0 Å². The van der Waals surface area contributed by atoms with Crippen LogP contribution in [0.1, 0.15) is 43.8 Å². The van der Waals surface area contributed by atoms with Gasteiger partial charge >= 0.3 is 0 Å². The number of aryl methyl sites for hydroxylation is 1. The van der Waals surface area contributed by atoms with E-state index in [1.807, 2.05) is 4.57 Å². The first-order valence-electron chi connectivity index (χ1n) is 8.76. The van der Waals surface area contributed by atoms with Crippen LogP contribution in [0.3, 0.4) is 0 Å². The van der Waals surface area contributed by atoms with E-state index < -0.39 is 10.9 Å². The standard InChI is InChI=1S/C17H20ClN3O3.C2H4O2/c1-2-3-6-16-19-17(18)15(5-4-11-22)20(16)12-13-7-9-14(10-8-13)21(23)24;1-2(3)4/h4,7-11,22H,2-3,5-6,12H2,1H3;1H3,(H,3,4). The lowest BCUT2D eigenvalue weighted by molar-refractivity contribution is -0.384. The van der Waals surface area contributed by atoms with Crippen LogP contribution in [0.5, 0.6) is 0 Å². The Hall–Kier alpha value is -2.87. The van der Waals surface area contributed by atoms with Gasteiger partial charge in [-0.2, -0.15) is 0 Å². The molecule has 1 aromatic heterocycles. The highest BCUT2D eigenvalue weighted by Gasteiger charge is 2.15. The zero-order valence-electron chi connectivity index (χ0n) is 15.8. The van der Waals surface area contributed by atoms with Gasteiger partial charge < -0.3 is 14.8 Å². The molecule has 0 bridgehead atoms. The number of imidazole rings is 1. The third-order valence-corrected chi connectivity index (χ3v) is 4.06. The van der Waals surface area contributed by atoms with Gasteiger partial charge in [0.2, 0.25) is 0 Å². The summed E-state index contributed by atoms with van der Waals surface area (Å²) in [5, 5.41) is 27.5. The highest BCUT2D eigenvalue weighted by molar-refractivity contribution is 6.30. The quantitative estimate of drug-likeness (QED) is 0.375. The fraction of sp³-hybridized carbons (Fsp3) is 0.368. The fourth-order valence-electron chi connectivity index (χ4n) is 2.48. The first kappa shape index (κ1) is 23.2. The maximum absolute atomic E-state index is 10.8. The van der Waals surface area contributed by atoms with Crippen molar-refractivity contribution in [1.82, 2.24) is 9.55 Å². The Labute approximate surface area is 168 Å². The number of aliphatic carboxylic acids is 1. The average Bonchev–Trinajstić information content (AvgIpc) is 2.92. The zero-order valence-corrected chi connectivity index (χ0v) is 16.6. The minimum Gasteiger partial charge on any atom is -0.516 e. The van der Waals surface area contributed by atoms with Gasteiger partial charge in [0.1, 0.15) is 5.82 Å². The molecule has 1 aromatic carbocycles. The molecule has 0 spiro atoms. The van der Waals surface area contributed by atoms with Crippen LogP contribution in [0.2, 0.25) is 5.15 Å². The van der Waals surface area contributed by atoms with E-state index in [1.54, 1.807) is 18.2 Å². The topological polar surface area (TPSA) is 118 Å².